The van der Waals surface area contributed by atoms with Crippen LogP contribution in [0.15, 0.2) is 0 Å². The fraction of sp³-hybridized carbons (Fsp3) is 1.00. The van der Waals surface area contributed by atoms with Crippen LogP contribution in [-0.2, 0) is 4.74 Å². The molecule has 2 heteroatoms. The van der Waals surface area contributed by atoms with Gasteiger partial charge in [0, 0.05) is 13.2 Å². The number of ether oxygens (including phenoxy) is 1. The van der Waals surface area contributed by atoms with E-state index in [1.165, 1.54) is 51.4 Å². The molecule has 3 unspecified atom stereocenters. The smallest absolute Gasteiger partial charge is 0.0833 e. The summed E-state index contributed by atoms with van der Waals surface area (Å²) < 4.78 is 6.04. The molecule has 0 saturated heterocycles. The number of hydrogen-bond donors (Lipinski definition) is 1. The van der Waals surface area contributed by atoms with Crippen molar-refractivity contribution < 1.29 is 4.74 Å². The molecular formula is C16H31NO. The van der Waals surface area contributed by atoms with E-state index < -0.39 is 0 Å². The van der Waals surface area contributed by atoms with Crippen molar-refractivity contribution in [2.75, 3.05) is 13.7 Å². The Balaban J connectivity index is 2.10. The zero-order chi connectivity index (χ0) is 13.0. The first-order chi connectivity index (χ1) is 8.72. The Bertz CT molecular complexity index is 247. The molecule has 2 aliphatic rings. The fourth-order valence-electron chi connectivity index (χ4n) is 4.40. The van der Waals surface area contributed by atoms with Gasteiger partial charge in [-0.3, -0.25) is 0 Å². The molecule has 0 aliphatic heterocycles. The molecule has 2 fully saturated rings. The summed E-state index contributed by atoms with van der Waals surface area (Å²) in [5.41, 5.74) is 0.137. The Kier molecular flexibility index (Phi) is 5.08. The maximum absolute atomic E-state index is 6.04. The van der Waals surface area contributed by atoms with Gasteiger partial charge in [0.25, 0.3) is 0 Å². The third kappa shape index (κ3) is 2.91. The van der Waals surface area contributed by atoms with Crippen LogP contribution in [0.5, 0.6) is 0 Å². The lowest BCUT2D eigenvalue weighted by atomic mass is 9.72. The molecule has 0 amide bonds. The first-order valence-corrected chi connectivity index (χ1v) is 8.00. The van der Waals surface area contributed by atoms with Crippen molar-refractivity contribution in [1.82, 2.24) is 5.32 Å². The Labute approximate surface area is 113 Å². The van der Waals surface area contributed by atoms with Gasteiger partial charge < -0.3 is 10.1 Å². The van der Waals surface area contributed by atoms with Gasteiger partial charge in [0.15, 0.2) is 0 Å². The van der Waals surface area contributed by atoms with Crippen molar-refractivity contribution >= 4 is 0 Å². The van der Waals surface area contributed by atoms with Crippen LogP contribution < -0.4 is 5.32 Å². The third-order valence-electron chi connectivity index (χ3n) is 5.30. The summed E-state index contributed by atoms with van der Waals surface area (Å²) in [6.07, 6.45) is 10.8. The second-order valence-corrected chi connectivity index (χ2v) is 6.54. The maximum atomic E-state index is 6.04. The second kappa shape index (κ2) is 6.38. The largest absolute Gasteiger partial charge is 0.377 e. The predicted molar refractivity (Wildman–Crippen MR) is 76.8 cm³/mol. The highest BCUT2D eigenvalue weighted by atomic mass is 16.5. The van der Waals surface area contributed by atoms with Crippen molar-refractivity contribution in [2.45, 2.75) is 76.9 Å². The highest BCUT2D eigenvalue weighted by molar-refractivity contribution is 5.00. The number of likely N-dealkylation sites (N-methyl/N-ethyl adjacent to an activating group) is 1. The van der Waals surface area contributed by atoms with Crippen molar-refractivity contribution in [3.05, 3.63) is 0 Å². The van der Waals surface area contributed by atoms with E-state index in [2.05, 4.69) is 19.2 Å². The van der Waals surface area contributed by atoms with Crippen molar-refractivity contribution in [2.24, 2.45) is 11.8 Å². The van der Waals surface area contributed by atoms with Gasteiger partial charge in [-0.2, -0.15) is 0 Å². The second-order valence-electron chi connectivity index (χ2n) is 6.54. The molecule has 0 bridgehead atoms. The van der Waals surface area contributed by atoms with Crippen LogP contribution in [0.1, 0.15) is 65.2 Å². The quantitative estimate of drug-likeness (QED) is 0.805. The average molecular weight is 253 g/mol. The Morgan fingerprint density at radius 1 is 1.22 bits per heavy atom. The summed E-state index contributed by atoms with van der Waals surface area (Å²) in [6.45, 7) is 5.72. The minimum atomic E-state index is 0.137. The predicted octanol–water partition coefficient (Wildman–Crippen LogP) is 3.75. The summed E-state index contributed by atoms with van der Waals surface area (Å²) in [5, 5.41) is 3.78. The fourth-order valence-corrected chi connectivity index (χ4v) is 4.40. The van der Waals surface area contributed by atoms with Crippen LogP contribution in [0.25, 0.3) is 0 Å². The van der Waals surface area contributed by atoms with Gasteiger partial charge in [-0.15, -0.1) is 0 Å². The summed E-state index contributed by atoms with van der Waals surface area (Å²) in [4.78, 5) is 0. The molecule has 1 N–H and O–H groups in total. The lowest BCUT2D eigenvalue weighted by Gasteiger charge is -2.44. The molecule has 18 heavy (non-hydrogen) atoms. The van der Waals surface area contributed by atoms with Crippen LogP contribution in [0, 0.1) is 11.8 Å². The summed E-state index contributed by atoms with van der Waals surface area (Å²) in [5.74, 6) is 1.73. The molecule has 0 aromatic heterocycles. The normalized spacial score (nSPS) is 33.5. The minimum Gasteiger partial charge on any atom is -0.377 e. The van der Waals surface area contributed by atoms with Crippen molar-refractivity contribution in [3.8, 4) is 0 Å². The zero-order valence-electron chi connectivity index (χ0n) is 12.5. The number of methoxy groups -OCH3 is 1. The van der Waals surface area contributed by atoms with Gasteiger partial charge >= 0.3 is 0 Å². The molecule has 2 rings (SSSR count). The Hall–Kier alpha value is -0.0800. The van der Waals surface area contributed by atoms with Crippen molar-refractivity contribution in [1.29, 1.82) is 0 Å². The molecule has 0 spiro atoms. The van der Waals surface area contributed by atoms with Crippen LogP contribution in [0.2, 0.25) is 0 Å². The SMILES string of the molecule is CCNC(C1CCCC(C)C1)C1(OC)CCCC1. The van der Waals surface area contributed by atoms with Crippen LogP contribution in [-0.4, -0.2) is 25.3 Å². The maximum Gasteiger partial charge on any atom is 0.0833 e. The minimum absolute atomic E-state index is 0.137. The van der Waals surface area contributed by atoms with E-state index >= 15 is 0 Å². The van der Waals surface area contributed by atoms with Gasteiger partial charge in [0.2, 0.25) is 0 Å². The molecule has 2 saturated carbocycles. The lowest BCUT2D eigenvalue weighted by molar-refractivity contribution is -0.0581. The number of nitrogens with one attached hydrogen (secondary N) is 1. The molecule has 3 atom stereocenters. The van der Waals surface area contributed by atoms with E-state index in [0.29, 0.717) is 6.04 Å². The van der Waals surface area contributed by atoms with E-state index in [0.717, 1.165) is 18.4 Å². The number of rotatable bonds is 5. The lowest BCUT2D eigenvalue weighted by Crippen LogP contribution is -2.55. The van der Waals surface area contributed by atoms with E-state index in [1.807, 2.05) is 7.11 Å². The molecule has 0 aromatic carbocycles. The van der Waals surface area contributed by atoms with Gasteiger partial charge in [-0.05, 0) is 44.1 Å². The average Bonchev–Trinajstić information content (AvgIpc) is 2.85. The van der Waals surface area contributed by atoms with Crippen LogP contribution in [0.4, 0.5) is 0 Å². The van der Waals surface area contributed by atoms with Crippen LogP contribution >= 0.6 is 0 Å². The van der Waals surface area contributed by atoms with Gasteiger partial charge in [0.1, 0.15) is 0 Å². The molecule has 2 nitrogen and oxygen atoms in total. The van der Waals surface area contributed by atoms with Crippen molar-refractivity contribution in [3.63, 3.8) is 0 Å². The molecule has 0 heterocycles. The molecule has 0 radical (unpaired) electrons. The first kappa shape index (κ1) is 14.3. The van der Waals surface area contributed by atoms with E-state index in [4.69, 9.17) is 4.74 Å². The Morgan fingerprint density at radius 3 is 2.50 bits per heavy atom. The molecule has 0 aromatic rings. The molecule has 106 valence electrons. The first-order valence-electron chi connectivity index (χ1n) is 8.00. The Morgan fingerprint density at radius 2 is 1.94 bits per heavy atom. The summed E-state index contributed by atoms with van der Waals surface area (Å²) in [7, 11) is 1.93. The topological polar surface area (TPSA) is 21.3 Å². The van der Waals surface area contributed by atoms with E-state index in [9.17, 15) is 0 Å². The third-order valence-corrected chi connectivity index (χ3v) is 5.30. The highest BCUT2D eigenvalue weighted by Crippen LogP contribution is 2.42. The number of hydrogen-bond acceptors (Lipinski definition) is 2. The van der Waals surface area contributed by atoms with Gasteiger partial charge in [0.05, 0.1) is 5.60 Å². The summed E-state index contributed by atoms with van der Waals surface area (Å²) in [6, 6.07) is 0.581. The van der Waals surface area contributed by atoms with Gasteiger partial charge in [-0.25, -0.2) is 0 Å². The summed E-state index contributed by atoms with van der Waals surface area (Å²) >= 11 is 0. The van der Waals surface area contributed by atoms with E-state index in [1.54, 1.807) is 0 Å². The van der Waals surface area contributed by atoms with Crippen LogP contribution in [0.3, 0.4) is 0 Å². The molecular weight excluding hydrogens is 222 g/mol. The monoisotopic (exact) mass is 253 g/mol. The van der Waals surface area contributed by atoms with E-state index in [-0.39, 0.29) is 5.60 Å². The highest BCUT2D eigenvalue weighted by Gasteiger charge is 2.45. The molecule has 2 aliphatic carbocycles. The zero-order valence-corrected chi connectivity index (χ0v) is 12.5. The van der Waals surface area contributed by atoms with Gasteiger partial charge in [-0.1, -0.05) is 39.5 Å². The standard InChI is InChI=1S/C16H31NO/c1-4-17-15(14-9-7-8-13(2)12-14)16(18-3)10-5-6-11-16/h13-15,17H,4-12H2,1-3H3.